The second kappa shape index (κ2) is 7.61. The normalized spacial score (nSPS) is 24.9. The molecular weight excluding hydrogens is 370 g/mol. The molecule has 2 aliphatic rings. The number of nitrogens with one attached hydrogen (secondary N) is 1. The van der Waals surface area contributed by atoms with Crippen LogP contribution in [0.15, 0.2) is 30.6 Å². The van der Waals surface area contributed by atoms with Crippen LogP contribution in [-0.2, 0) is 9.47 Å². The highest BCUT2D eigenvalue weighted by atomic mass is 16.5. The minimum absolute atomic E-state index is 0.110. The lowest BCUT2D eigenvalue weighted by Gasteiger charge is -2.36. The predicted octanol–water partition coefficient (Wildman–Crippen LogP) is 2.80. The van der Waals surface area contributed by atoms with E-state index in [0.717, 1.165) is 60.0 Å². The third-order valence-electron chi connectivity index (χ3n) is 5.36. The summed E-state index contributed by atoms with van der Waals surface area (Å²) in [5, 5.41) is 8.59. The monoisotopic (exact) mass is 395 g/mol. The van der Waals surface area contributed by atoms with Crippen molar-refractivity contribution in [2.75, 3.05) is 31.2 Å². The van der Waals surface area contributed by atoms with E-state index in [2.05, 4.69) is 38.9 Å². The molecule has 1 N–H and O–H groups in total. The van der Waals surface area contributed by atoms with Crippen molar-refractivity contribution in [1.82, 2.24) is 20.2 Å². The van der Waals surface area contributed by atoms with Crippen molar-refractivity contribution in [2.24, 2.45) is 0 Å². The number of ether oxygens (including phenoxy) is 3. The van der Waals surface area contributed by atoms with Crippen LogP contribution in [-0.4, -0.2) is 64.8 Å². The first-order valence-corrected chi connectivity index (χ1v) is 10.1. The molecule has 0 aliphatic carbocycles. The van der Waals surface area contributed by atoms with Gasteiger partial charge in [0.25, 0.3) is 0 Å². The molecule has 0 unspecified atom stereocenters. The second-order valence-electron chi connectivity index (χ2n) is 7.81. The highest BCUT2D eigenvalue weighted by Gasteiger charge is 2.24. The molecule has 1 aromatic carbocycles. The van der Waals surface area contributed by atoms with Gasteiger partial charge in [-0.25, -0.2) is 9.97 Å². The number of anilines is 1. The molecule has 0 amide bonds. The summed E-state index contributed by atoms with van der Waals surface area (Å²) in [6.07, 6.45) is 2.97. The van der Waals surface area contributed by atoms with Gasteiger partial charge >= 0.3 is 0 Å². The zero-order valence-electron chi connectivity index (χ0n) is 16.7. The van der Waals surface area contributed by atoms with Crippen molar-refractivity contribution in [3.8, 4) is 17.1 Å². The van der Waals surface area contributed by atoms with Crippen LogP contribution in [0.3, 0.4) is 0 Å². The number of fused-ring (bicyclic) bond motifs is 1. The Morgan fingerprint density at radius 3 is 2.79 bits per heavy atom. The van der Waals surface area contributed by atoms with E-state index in [1.807, 2.05) is 24.3 Å². The fraction of sp³-hybridized carbons (Fsp3) is 0.476. The third-order valence-corrected chi connectivity index (χ3v) is 5.36. The van der Waals surface area contributed by atoms with Crippen LogP contribution in [0.4, 0.5) is 5.82 Å². The summed E-state index contributed by atoms with van der Waals surface area (Å²) in [5.41, 5.74) is 2.53. The lowest BCUT2D eigenvalue weighted by Crippen LogP contribution is -2.45. The molecular formula is C21H25N5O3. The van der Waals surface area contributed by atoms with Gasteiger partial charge in [0.1, 0.15) is 29.7 Å². The van der Waals surface area contributed by atoms with Crippen LogP contribution in [0.25, 0.3) is 22.3 Å². The molecule has 0 saturated carbocycles. The molecule has 8 heteroatoms. The maximum Gasteiger partial charge on any atom is 0.132 e. The molecule has 2 saturated heterocycles. The highest BCUT2D eigenvalue weighted by Crippen LogP contribution is 2.30. The van der Waals surface area contributed by atoms with Crippen LogP contribution < -0.4 is 9.64 Å². The fourth-order valence-corrected chi connectivity index (χ4v) is 4.07. The molecule has 2 aliphatic heterocycles. The number of nitrogens with zero attached hydrogens (tertiary/aromatic N) is 4. The molecule has 5 rings (SSSR count). The van der Waals surface area contributed by atoms with Crippen molar-refractivity contribution < 1.29 is 14.2 Å². The molecule has 4 heterocycles. The smallest absolute Gasteiger partial charge is 0.132 e. The second-order valence-corrected chi connectivity index (χ2v) is 7.81. The van der Waals surface area contributed by atoms with E-state index < -0.39 is 0 Å². The van der Waals surface area contributed by atoms with E-state index >= 15 is 0 Å². The minimum atomic E-state index is 0.110. The van der Waals surface area contributed by atoms with Gasteiger partial charge < -0.3 is 19.1 Å². The molecule has 2 fully saturated rings. The Morgan fingerprint density at radius 1 is 1.14 bits per heavy atom. The van der Waals surface area contributed by atoms with E-state index in [0.29, 0.717) is 6.61 Å². The first-order chi connectivity index (χ1) is 14.2. The number of morpholine rings is 1. The summed E-state index contributed by atoms with van der Waals surface area (Å²) in [4.78, 5) is 11.2. The first kappa shape index (κ1) is 18.3. The lowest BCUT2D eigenvalue weighted by atomic mass is 10.1. The largest absolute Gasteiger partial charge is 0.488 e. The molecule has 2 aromatic heterocycles. The summed E-state index contributed by atoms with van der Waals surface area (Å²) >= 11 is 0. The van der Waals surface area contributed by atoms with Gasteiger partial charge in [0.15, 0.2) is 0 Å². The van der Waals surface area contributed by atoms with Crippen molar-refractivity contribution in [3.63, 3.8) is 0 Å². The standard InChI is InChI=1S/C21H25N5O3/c1-13-9-26(10-14(2)28-13)20-8-19(22-12-23-20)21-17-7-15(3-4-18(17)24-25-21)29-16-5-6-27-11-16/h3-4,7-8,12-14,16H,5-6,9-11H2,1-2H3,(H,24,25)/t13-,14+,16-/m0/s1. The number of hydrogen-bond donors (Lipinski definition) is 1. The molecule has 3 aromatic rings. The van der Waals surface area contributed by atoms with Gasteiger partial charge in [-0.1, -0.05) is 0 Å². The molecule has 0 bridgehead atoms. The maximum absolute atomic E-state index is 6.06. The van der Waals surface area contributed by atoms with Crippen LogP contribution in [0, 0.1) is 0 Å². The number of aromatic amines is 1. The molecule has 8 nitrogen and oxygen atoms in total. The van der Waals surface area contributed by atoms with E-state index in [9.17, 15) is 0 Å². The van der Waals surface area contributed by atoms with E-state index in [4.69, 9.17) is 14.2 Å². The van der Waals surface area contributed by atoms with E-state index in [1.165, 1.54) is 0 Å². The molecule has 3 atom stereocenters. The van der Waals surface area contributed by atoms with Gasteiger partial charge in [-0.15, -0.1) is 0 Å². The van der Waals surface area contributed by atoms with E-state index in [1.54, 1.807) is 6.33 Å². The number of hydrogen-bond acceptors (Lipinski definition) is 7. The van der Waals surface area contributed by atoms with Crippen LogP contribution in [0.1, 0.15) is 20.3 Å². The third kappa shape index (κ3) is 3.77. The molecule has 0 spiro atoms. The van der Waals surface area contributed by atoms with Crippen LogP contribution in [0.5, 0.6) is 5.75 Å². The molecule has 29 heavy (non-hydrogen) atoms. The lowest BCUT2D eigenvalue weighted by molar-refractivity contribution is -0.00546. The minimum Gasteiger partial charge on any atom is -0.488 e. The predicted molar refractivity (Wildman–Crippen MR) is 109 cm³/mol. The Morgan fingerprint density at radius 2 is 2.00 bits per heavy atom. The quantitative estimate of drug-likeness (QED) is 0.727. The van der Waals surface area contributed by atoms with Crippen molar-refractivity contribution in [2.45, 2.75) is 38.6 Å². The molecule has 0 radical (unpaired) electrons. The van der Waals surface area contributed by atoms with Crippen LogP contribution in [0.2, 0.25) is 0 Å². The number of rotatable bonds is 4. The van der Waals surface area contributed by atoms with Gasteiger partial charge in [-0.05, 0) is 32.0 Å². The SMILES string of the molecule is C[C@@H]1CN(c2cc(-c3n[nH]c4ccc(O[C@H]5CCOC5)cc34)ncn2)C[C@H](C)O1. The van der Waals surface area contributed by atoms with Crippen LogP contribution >= 0.6 is 0 Å². The van der Waals surface area contributed by atoms with Gasteiger partial charge in [-0.2, -0.15) is 5.10 Å². The number of benzene rings is 1. The average Bonchev–Trinajstić information content (AvgIpc) is 3.37. The van der Waals surface area contributed by atoms with E-state index in [-0.39, 0.29) is 18.3 Å². The average molecular weight is 395 g/mol. The highest BCUT2D eigenvalue weighted by molar-refractivity contribution is 5.93. The zero-order valence-corrected chi connectivity index (χ0v) is 16.7. The zero-order chi connectivity index (χ0) is 19.8. The summed E-state index contributed by atoms with van der Waals surface area (Å²) in [6, 6.07) is 7.97. The summed E-state index contributed by atoms with van der Waals surface area (Å²) in [7, 11) is 0. The Labute approximate surface area is 169 Å². The molecule has 152 valence electrons. The fourth-order valence-electron chi connectivity index (χ4n) is 4.07. The summed E-state index contributed by atoms with van der Waals surface area (Å²) in [5.74, 6) is 1.71. The van der Waals surface area contributed by atoms with Crippen molar-refractivity contribution >= 4 is 16.7 Å². The van der Waals surface area contributed by atoms with Gasteiger partial charge in [0, 0.05) is 31.0 Å². The number of aromatic nitrogens is 4. The summed E-state index contributed by atoms with van der Waals surface area (Å²) < 4.78 is 17.3. The maximum atomic E-state index is 6.06. The van der Waals surface area contributed by atoms with Gasteiger partial charge in [-0.3, -0.25) is 5.10 Å². The Bertz CT molecular complexity index is 991. The van der Waals surface area contributed by atoms with Crippen molar-refractivity contribution in [1.29, 1.82) is 0 Å². The van der Waals surface area contributed by atoms with Gasteiger partial charge in [0.2, 0.25) is 0 Å². The number of H-pyrrole nitrogens is 1. The van der Waals surface area contributed by atoms with Crippen molar-refractivity contribution in [3.05, 3.63) is 30.6 Å². The van der Waals surface area contributed by atoms with Gasteiger partial charge in [0.05, 0.1) is 36.6 Å². The first-order valence-electron chi connectivity index (χ1n) is 10.1. The topological polar surface area (TPSA) is 85.4 Å². The Hall–Kier alpha value is -2.71. The Kier molecular flexibility index (Phi) is 4.81. The Balaban J connectivity index is 1.45. The summed E-state index contributed by atoms with van der Waals surface area (Å²) in [6.45, 7) is 7.19.